The summed E-state index contributed by atoms with van der Waals surface area (Å²) in [6, 6.07) is 0. The molecule has 0 rings (SSSR count). The van der Waals surface area contributed by atoms with Gasteiger partial charge in [0, 0.05) is 0 Å². The van der Waals surface area contributed by atoms with E-state index in [2.05, 4.69) is 27.7 Å². The van der Waals surface area contributed by atoms with E-state index in [1.807, 2.05) is 4.08 Å². The summed E-state index contributed by atoms with van der Waals surface area (Å²) in [4.78, 5) is 0. The van der Waals surface area contributed by atoms with Gasteiger partial charge in [-0.15, -0.1) is 0 Å². The van der Waals surface area contributed by atoms with Gasteiger partial charge in [0.1, 0.15) is 0 Å². The molecule has 0 radical (unpaired) electrons. The predicted octanol–water partition coefficient (Wildman–Crippen LogP) is 0.696. The summed E-state index contributed by atoms with van der Waals surface area (Å²) >= 11 is 2.08. The zero-order chi connectivity index (χ0) is 8.69. The number of hydrogen-bond acceptors (Lipinski definition) is 3. The number of hydrazone groups is 1. The first kappa shape index (κ1) is 10.3. The molecule has 0 saturated carbocycles. The van der Waals surface area contributed by atoms with E-state index in [-0.39, 0.29) is 5.84 Å². The van der Waals surface area contributed by atoms with E-state index in [0.717, 1.165) is 0 Å². The van der Waals surface area contributed by atoms with Gasteiger partial charge in [0.2, 0.25) is 0 Å². The van der Waals surface area contributed by atoms with Crippen molar-refractivity contribution in [3.63, 3.8) is 0 Å². The van der Waals surface area contributed by atoms with Crippen molar-refractivity contribution in [2.45, 2.75) is 0 Å². The van der Waals surface area contributed by atoms with Gasteiger partial charge in [-0.3, -0.25) is 0 Å². The van der Waals surface area contributed by atoms with Crippen LogP contribution in [0.1, 0.15) is 0 Å². The molecule has 5 heteroatoms. The molecule has 62 valence electrons. The van der Waals surface area contributed by atoms with Crippen molar-refractivity contribution < 1.29 is 4.74 Å². The molecule has 0 amide bonds. The monoisotopic (exact) mass is 267 g/mol. The summed E-state index contributed by atoms with van der Waals surface area (Å²) in [6.45, 7) is 0. The van der Waals surface area contributed by atoms with Crippen molar-refractivity contribution in [2.24, 2.45) is 16.7 Å². The Bertz CT molecular complexity index is 198. The lowest BCUT2D eigenvalue weighted by Gasteiger charge is -2.01. The third-order valence-electron chi connectivity index (χ3n) is 0.932. The topological polar surface area (TPSA) is 73.6 Å². The summed E-state index contributed by atoms with van der Waals surface area (Å²) in [7, 11) is 1.50. The molecule has 0 aromatic rings. The number of amidine groups is 1. The lowest BCUT2D eigenvalue weighted by atomic mass is 10.4. The number of hydrogen-bond donors (Lipinski definition) is 2. The summed E-state index contributed by atoms with van der Waals surface area (Å²) in [5, 5.41) is 3.28. The molecule has 0 saturated heterocycles. The maximum Gasteiger partial charge on any atom is 0.185 e. The van der Waals surface area contributed by atoms with Crippen molar-refractivity contribution in [2.75, 3.05) is 7.11 Å². The molecule has 0 atom stereocenters. The van der Waals surface area contributed by atoms with Crippen LogP contribution in [0, 0.1) is 0 Å². The second-order valence-corrected chi connectivity index (χ2v) is 2.29. The molecule has 0 unspecified atom stereocenters. The minimum Gasteiger partial charge on any atom is -0.493 e. The standard InChI is InChI=1S/C6H10IN3O/c1-11-5(3-2-4-7)6(8)10-9/h2-4H,9H2,1H3,(H2,8,10)/b4-2-,5-3+. The molecule has 0 aromatic carbocycles. The average molecular weight is 267 g/mol. The first-order chi connectivity index (χ1) is 5.26. The fraction of sp³-hybridized carbons (Fsp3) is 0.167. The third-order valence-corrected chi connectivity index (χ3v) is 1.35. The smallest absolute Gasteiger partial charge is 0.185 e. The van der Waals surface area contributed by atoms with Crippen molar-refractivity contribution in [3.05, 3.63) is 22.0 Å². The highest BCUT2D eigenvalue weighted by Gasteiger charge is 1.98. The second kappa shape index (κ2) is 6.02. The van der Waals surface area contributed by atoms with Gasteiger partial charge in [0.05, 0.1) is 7.11 Å². The Labute approximate surface area is 79.1 Å². The summed E-state index contributed by atoms with van der Waals surface area (Å²) in [5.74, 6) is 5.58. The van der Waals surface area contributed by atoms with Crippen LogP contribution in [0.25, 0.3) is 0 Å². The molecule has 0 aliphatic rings. The number of methoxy groups -OCH3 is 1. The van der Waals surface area contributed by atoms with Crippen molar-refractivity contribution in [1.29, 1.82) is 0 Å². The van der Waals surface area contributed by atoms with Crippen LogP contribution in [-0.2, 0) is 4.74 Å². The van der Waals surface area contributed by atoms with Crippen LogP contribution in [0.3, 0.4) is 0 Å². The Morgan fingerprint density at radius 3 is 2.64 bits per heavy atom. The largest absolute Gasteiger partial charge is 0.493 e. The fourth-order valence-corrected chi connectivity index (χ4v) is 0.653. The Hall–Kier alpha value is -0.720. The molecular weight excluding hydrogens is 257 g/mol. The molecule has 0 spiro atoms. The predicted molar refractivity (Wildman–Crippen MR) is 54.1 cm³/mol. The van der Waals surface area contributed by atoms with Crippen LogP contribution < -0.4 is 11.6 Å². The number of nitrogens with two attached hydrogens (primary N) is 2. The molecule has 0 bridgehead atoms. The summed E-state index contributed by atoms with van der Waals surface area (Å²) in [6.07, 6.45) is 3.45. The van der Waals surface area contributed by atoms with E-state index in [1.54, 1.807) is 12.2 Å². The van der Waals surface area contributed by atoms with Crippen molar-refractivity contribution in [3.8, 4) is 0 Å². The Kier molecular flexibility index (Phi) is 5.63. The van der Waals surface area contributed by atoms with E-state index in [1.165, 1.54) is 7.11 Å². The van der Waals surface area contributed by atoms with Gasteiger partial charge in [-0.05, 0) is 10.2 Å². The highest BCUT2D eigenvalue weighted by Crippen LogP contribution is 1.96. The lowest BCUT2D eigenvalue weighted by Crippen LogP contribution is -2.17. The van der Waals surface area contributed by atoms with Crippen LogP contribution in [0.4, 0.5) is 0 Å². The first-order valence-corrected chi connectivity index (χ1v) is 4.05. The molecular formula is C6H10IN3O. The van der Waals surface area contributed by atoms with E-state index < -0.39 is 0 Å². The quantitative estimate of drug-likeness (QED) is 0.150. The second-order valence-electron chi connectivity index (χ2n) is 1.57. The molecule has 4 N–H and O–H groups in total. The zero-order valence-corrected chi connectivity index (χ0v) is 8.28. The lowest BCUT2D eigenvalue weighted by molar-refractivity contribution is 0.314. The third kappa shape index (κ3) is 3.87. The van der Waals surface area contributed by atoms with Gasteiger partial charge in [0.25, 0.3) is 0 Å². The molecule has 0 aliphatic heterocycles. The SMILES string of the molecule is CO/C(=C/C=C\I)C(N)=NN. The minimum atomic E-state index is 0.182. The van der Waals surface area contributed by atoms with E-state index in [9.17, 15) is 0 Å². The van der Waals surface area contributed by atoms with Crippen LogP contribution >= 0.6 is 22.6 Å². The van der Waals surface area contributed by atoms with Gasteiger partial charge in [0.15, 0.2) is 11.6 Å². The number of ether oxygens (including phenoxy) is 1. The summed E-state index contributed by atoms with van der Waals surface area (Å²) in [5.41, 5.74) is 5.36. The fourth-order valence-electron chi connectivity index (χ4n) is 0.445. The molecule has 4 nitrogen and oxygen atoms in total. The maximum absolute atomic E-state index is 5.36. The first-order valence-electron chi connectivity index (χ1n) is 2.81. The highest BCUT2D eigenvalue weighted by atomic mass is 127. The van der Waals surface area contributed by atoms with Gasteiger partial charge in [-0.2, -0.15) is 5.10 Å². The molecule has 0 fully saturated rings. The zero-order valence-electron chi connectivity index (χ0n) is 6.12. The van der Waals surface area contributed by atoms with E-state index >= 15 is 0 Å². The molecule has 0 aliphatic carbocycles. The minimum absolute atomic E-state index is 0.182. The van der Waals surface area contributed by atoms with Crippen LogP contribution in [-0.4, -0.2) is 12.9 Å². The maximum atomic E-state index is 5.36. The van der Waals surface area contributed by atoms with Crippen LogP contribution in [0.5, 0.6) is 0 Å². The number of halogens is 1. The number of nitrogens with zero attached hydrogens (tertiary/aromatic N) is 1. The van der Waals surface area contributed by atoms with Gasteiger partial charge < -0.3 is 16.3 Å². The van der Waals surface area contributed by atoms with Gasteiger partial charge in [-0.25, -0.2) is 0 Å². The van der Waals surface area contributed by atoms with Crippen molar-refractivity contribution in [1.82, 2.24) is 0 Å². The van der Waals surface area contributed by atoms with E-state index in [0.29, 0.717) is 5.76 Å². The molecule has 11 heavy (non-hydrogen) atoms. The summed E-state index contributed by atoms with van der Waals surface area (Å²) < 4.78 is 6.70. The highest BCUT2D eigenvalue weighted by molar-refractivity contribution is 14.1. The number of allylic oxidation sites excluding steroid dienone is 2. The van der Waals surface area contributed by atoms with Gasteiger partial charge >= 0.3 is 0 Å². The van der Waals surface area contributed by atoms with Crippen LogP contribution in [0.15, 0.2) is 27.1 Å². The Balaban J connectivity index is 4.39. The van der Waals surface area contributed by atoms with Crippen molar-refractivity contribution >= 4 is 28.4 Å². The normalized spacial score (nSPS) is 14.0. The number of rotatable bonds is 3. The molecule has 0 heterocycles. The Morgan fingerprint density at radius 2 is 2.27 bits per heavy atom. The van der Waals surface area contributed by atoms with E-state index in [4.69, 9.17) is 16.3 Å². The van der Waals surface area contributed by atoms with Crippen LogP contribution in [0.2, 0.25) is 0 Å². The molecule has 0 aromatic heterocycles. The average Bonchev–Trinajstić information content (AvgIpc) is 2.05. The van der Waals surface area contributed by atoms with Gasteiger partial charge in [-0.1, -0.05) is 28.7 Å². The Morgan fingerprint density at radius 1 is 1.64 bits per heavy atom.